The molecule has 0 aliphatic rings. The van der Waals surface area contributed by atoms with Gasteiger partial charge in [0.25, 0.3) is 0 Å². The first-order valence-electron chi connectivity index (χ1n) is 3.77. The molecule has 1 aromatic rings. The Hall–Kier alpha value is -0.940. The Kier molecular flexibility index (Phi) is 2.68. The molecule has 1 heterocycles. The summed E-state index contributed by atoms with van der Waals surface area (Å²) in [6.07, 6.45) is 0. The summed E-state index contributed by atoms with van der Waals surface area (Å²) in [6.45, 7) is 3.59. The van der Waals surface area contributed by atoms with Gasteiger partial charge >= 0.3 is 5.97 Å². The number of aliphatic hydroxyl groups is 1. The molecule has 0 atom stereocenters. The second kappa shape index (κ2) is 3.43. The third kappa shape index (κ3) is 2.05. The number of rotatable bonds is 3. The van der Waals surface area contributed by atoms with Crippen molar-refractivity contribution >= 4 is 17.3 Å². The van der Waals surface area contributed by atoms with Crippen LogP contribution >= 0.6 is 11.3 Å². The van der Waals surface area contributed by atoms with Crippen molar-refractivity contribution in [3.63, 3.8) is 0 Å². The molecule has 0 fully saturated rings. The topological polar surface area (TPSA) is 70.4 Å². The maximum atomic E-state index is 10.5. The van der Waals surface area contributed by atoms with Gasteiger partial charge < -0.3 is 10.2 Å². The van der Waals surface area contributed by atoms with Gasteiger partial charge in [-0.15, -0.1) is 11.3 Å². The third-order valence-corrected chi connectivity index (χ3v) is 2.91. The summed E-state index contributed by atoms with van der Waals surface area (Å²) in [5.41, 5.74) is -0.417. The van der Waals surface area contributed by atoms with Crippen LogP contribution in [0.5, 0.6) is 0 Å². The second-order valence-electron chi connectivity index (χ2n) is 3.39. The van der Waals surface area contributed by atoms with Gasteiger partial charge in [-0.3, -0.25) is 0 Å². The van der Waals surface area contributed by atoms with Crippen LogP contribution in [0.4, 0.5) is 0 Å². The highest BCUT2D eigenvalue weighted by Gasteiger charge is 2.24. The van der Waals surface area contributed by atoms with Crippen molar-refractivity contribution < 1.29 is 15.0 Å². The number of carboxylic acids is 1. The number of hydrogen-bond acceptors (Lipinski definition) is 4. The summed E-state index contributed by atoms with van der Waals surface area (Å²) in [6, 6.07) is 0. The zero-order valence-electron chi connectivity index (χ0n) is 7.44. The van der Waals surface area contributed by atoms with Gasteiger partial charge in [-0.05, 0) is 0 Å². The van der Waals surface area contributed by atoms with Crippen LogP contribution in [-0.4, -0.2) is 27.8 Å². The number of carboxylic acid groups (broad SMARTS) is 1. The van der Waals surface area contributed by atoms with E-state index < -0.39 is 11.4 Å². The number of aliphatic hydroxyl groups excluding tert-OH is 1. The fourth-order valence-corrected chi connectivity index (χ4v) is 1.66. The van der Waals surface area contributed by atoms with Crippen molar-refractivity contribution in [2.24, 2.45) is 0 Å². The van der Waals surface area contributed by atoms with Gasteiger partial charge in [0.1, 0.15) is 5.01 Å². The van der Waals surface area contributed by atoms with E-state index in [0.717, 1.165) is 0 Å². The minimum Gasteiger partial charge on any atom is -0.476 e. The van der Waals surface area contributed by atoms with Crippen LogP contribution in [0.25, 0.3) is 0 Å². The number of hydrogen-bond donors (Lipinski definition) is 2. The number of aromatic nitrogens is 1. The molecule has 1 rings (SSSR count). The first kappa shape index (κ1) is 10.1. The summed E-state index contributed by atoms with van der Waals surface area (Å²) in [7, 11) is 0. The SMILES string of the molecule is CC(C)(CO)c1nc(C(=O)O)cs1. The van der Waals surface area contributed by atoms with Crippen molar-refractivity contribution in [2.45, 2.75) is 19.3 Å². The molecule has 0 amide bonds. The molecule has 0 spiro atoms. The average molecular weight is 201 g/mol. The smallest absolute Gasteiger partial charge is 0.355 e. The summed E-state index contributed by atoms with van der Waals surface area (Å²) in [5.74, 6) is -1.03. The molecule has 0 saturated heterocycles. The van der Waals surface area contributed by atoms with E-state index in [0.29, 0.717) is 5.01 Å². The van der Waals surface area contributed by atoms with Gasteiger partial charge in [0.05, 0.1) is 6.61 Å². The maximum absolute atomic E-state index is 10.5. The fraction of sp³-hybridized carbons (Fsp3) is 0.500. The average Bonchev–Trinajstić information content (AvgIpc) is 2.52. The van der Waals surface area contributed by atoms with E-state index in [1.807, 2.05) is 13.8 Å². The number of aromatic carboxylic acids is 1. The van der Waals surface area contributed by atoms with E-state index >= 15 is 0 Å². The quantitative estimate of drug-likeness (QED) is 0.768. The van der Waals surface area contributed by atoms with Crippen molar-refractivity contribution in [1.82, 2.24) is 4.98 Å². The minimum absolute atomic E-state index is 0.0421. The van der Waals surface area contributed by atoms with Gasteiger partial charge in [-0.2, -0.15) is 0 Å². The zero-order chi connectivity index (χ0) is 10.1. The predicted molar refractivity (Wildman–Crippen MR) is 49.2 cm³/mol. The molecule has 0 aliphatic carbocycles. The molecule has 2 N–H and O–H groups in total. The maximum Gasteiger partial charge on any atom is 0.355 e. The van der Waals surface area contributed by atoms with E-state index in [9.17, 15) is 4.79 Å². The van der Waals surface area contributed by atoms with Gasteiger partial charge in [0, 0.05) is 10.8 Å². The van der Waals surface area contributed by atoms with Crippen LogP contribution in [-0.2, 0) is 5.41 Å². The summed E-state index contributed by atoms with van der Waals surface area (Å²) >= 11 is 1.26. The molecule has 0 radical (unpaired) electrons. The van der Waals surface area contributed by atoms with Crippen LogP contribution in [0.15, 0.2) is 5.38 Å². The molecule has 72 valence electrons. The second-order valence-corrected chi connectivity index (χ2v) is 4.24. The molecule has 0 aliphatic heterocycles. The van der Waals surface area contributed by atoms with Crippen LogP contribution in [0, 0.1) is 0 Å². The Morgan fingerprint density at radius 1 is 1.69 bits per heavy atom. The van der Waals surface area contributed by atoms with Crippen molar-refractivity contribution in [1.29, 1.82) is 0 Å². The van der Waals surface area contributed by atoms with Crippen LogP contribution in [0.1, 0.15) is 29.3 Å². The first-order valence-corrected chi connectivity index (χ1v) is 4.65. The molecular weight excluding hydrogens is 190 g/mol. The molecule has 0 bridgehead atoms. The lowest BCUT2D eigenvalue weighted by Crippen LogP contribution is -2.21. The lowest BCUT2D eigenvalue weighted by atomic mass is 9.96. The lowest BCUT2D eigenvalue weighted by Gasteiger charge is -2.17. The molecule has 0 unspecified atom stereocenters. The van der Waals surface area contributed by atoms with E-state index in [-0.39, 0.29) is 12.3 Å². The Morgan fingerprint density at radius 2 is 2.31 bits per heavy atom. The molecule has 13 heavy (non-hydrogen) atoms. The van der Waals surface area contributed by atoms with Gasteiger partial charge in [0.15, 0.2) is 5.69 Å². The number of carbonyl (C=O) groups is 1. The van der Waals surface area contributed by atoms with Crippen molar-refractivity contribution in [3.8, 4) is 0 Å². The molecular formula is C8H11NO3S. The summed E-state index contributed by atoms with van der Waals surface area (Å²) < 4.78 is 0. The van der Waals surface area contributed by atoms with Crippen molar-refractivity contribution in [2.75, 3.05) is 6.61 Å². The fourth-order valence-electron chi connectivity index (χ4n) is 0.750. The van der Waals surface area contributed by atoms with Crippen LogP contribution < -0.4 is 0 Å². The van der Waals surface area contributed by atoms with E-state index in [1.54, 1.807) is 0 Å². The van der Waals surface area contributed by atoms with E-state index in [1.165, 1.54) is 16.7 Å². The molecule has 0 saturated carbocycles. The van der Waals surface area contributed by atoms with Crippen molar-refractivity contribution in [3.05, 3.63) is 16.1 Å². The van der Waals surface area contributed by atoms with Crippen LogP contribution in [0.3, 0.4) is 0 Å². The first-order chi connectivity index (χ1) is 5.97. The van der Waals surface area contributed by atoms with E-state index in [4.69, 9.17) is 10.2 Å². The van der Waals surface area contributed by atoms with E-state index in [2.05, 4.69) is 4.98 Å². The predicted octanol–water partition coefficient (Wildman–Crippen LogP) is 1.11. The van der Waals surface area contributed by atoms with Gasteiger partial charge in [-0.1, -0.05) is 13.8 Å². The Labute approximate surface area is 79.9 Å². The Bertz CT molecular complexity index is 319. The monoisotopic (exact) mass is 201 g/mol. The largest absolute Gasteiger partial charge is 0.476 e. The zero-order valence-corrected chi connectivity index (χ0v) is 8.26. The highest BCUT2D eigenvalue weighted by atomic mass is 32.1. The van der Waals surface area contributed by atoms with Gasteiger partial charge in [0.2, 0.25) is 0 Å². The normalized spacial score (nSPS) is 11.6. The summed E-state index contributed by atoms with van der Waals surface area (Å²) in [4.78, 5) is 14.4. The number of nitrogens with zero attached hydrogens (tertiary/aromatic N) is 1. The highest BCUT2D eigenvalue weighted by Crippen LogP contribution is 2.25. The lowest BCUT2D eigenvalue weighted by molar-refractivity contribution is 0.0690. The Balaban J connectivity index is 2.98. The molecule has 5 heteroatoms. The summed E-state index contributed by atoms with van der Waals surface area (Å²) in [5, 5.41) is 19.8. The molecule has 0 aromatic carbocycles. The van der Waals surface area contributed by atoms with Gasteiger partial charge in [-0.25, -0.2) is 9.78 Å². The highest BCUT2D eigenvalue weighted by molar-refractivity contribution is 7.10. The Morgan fingerprint density at radius 3 is 2.69 bits per heavy atom. The standard InChI is InChI=1S/C8H11NO3S/c1-8(2,4-10)7-9-5(3-13-7)6(11)12/h3,10H,4H2,1-2H3,(H,11,12). The third-order valence-electron chi connectivity index (χ3n) is 1.70. The molecule has 1 aromatic heterocycles. The molecule has 4 nitrogen and oxygen atoms in total. The van der Waals surface area contributed by atoms with Crippen LogP contribution in [0.2, 0.25) is 0 Å². The minimum atomic E-state index is -1.03. The number of thiazole rings is 1.